The lowest BCUT2D eigenvalue weighted by molar-refractivity contribution is -0.119. The summed E-state index contributed by atoms with van der Waals surface area (Å²) in [6.07, 6.45) is 4.06. The fraction of sp³-hybridized carbons (Fsp3) is 0.162. The van der Waals surface area contributed by atoms with Crippen molar-refractivity contribution < 1.29 is 18.7 Å². The van der Waals surface area contributed by atoms with Crippen molar-refractivity contribution in [1.29, 1.82) is 0 Å². The number of aromatic nitrogens is 5. The van der Waals surface area contributed by atoms with Gasteiger partial charge in [-0.1, -0.05) is 96.2 Å². The molecule has 6 aromatic rings. The molecule has 7 rings (SSSR count). The molecule has 1 aliphatic heterocycles. The molecule has 1 fully saturated rings. The van der Waals surface area contributed by atoms with Gasteiger partial charge in [0, 0.05) is 18.7 Å². The number of benzene rings is 4. The van der Waals surface area contributed by atoms with Gasteiger partial charge >= 0.3 is 6.09 Å². The van der Waals surface area contributed by atoms with Gasteiger partial charge in [0.25, 0.3) is 0 Å². The molecular formula is C37H32FN7O3. The Bertz CT molecular complexity index is 1920. The highest BCUT2D eigenvalue weighted by molar-refractivity contribution is 5.90. The molecule has 48 heavy (non-hydrogen) atoms. The highest BCUT2D eigenvalue weighted by Gasteiger charge is 2.47. The van der Waals surface area contributed by atoms with Gasteiger partial charge in [0.05, 0.1) is 42.4 Å². The zero-order chi connectivity index (χ0) is 33.1. The maximum absolute atomic E-state index is 15.8. The lowest BCUT2D eigenvalue weighted by Crippen LogP contribution is -2.40. The number of hydrogen-bond donors (Lipinski definition) is 2. The van der Waals surface area contributed by atoms with Gasteiger partial charge < -0.3 is 15.0 Å². The molecule has 1 aliphatic rings. The second-order valence-electron chi connectivity index (χ2n) is 11.6. The number of aromatic amines is 1. The number of hydrogen-bond acceptors (Lipinski definition) is 6. The van der Waals surface area contributed by atoms with Crippen molar-refractivity contribution >= 4 is 17.7 Å². The summed E-state index contributed by atoms with van der Waals surface area (Å²) >= 11 is 0. The third-order valence-corrected chi connectivity index (χ3v) is 8.66. The summed E-state index contributed by atoms with van der Waals surface area (Å²) in [6.45, 7) is 1.75. The predicted molar refractivity (Wildman–Crippen MR) is 178 cm³/mol. The number of carbonyl (C=O) groups excluding carboxylic acids is 2. The van der Waals surface area contributed by atoms with Crippen LogP contribution in [0.25, 0.3) is 11.3 Å². The van der Waals surface area contributed by atoms with Gasteiger partial charge in [-0.15, -0.1) is 5.10 Å². The summed E-state index contributed by atoms with van der Waals surface area (Å²) in [5.74, 6) is -0.801. The Hall–Kier alpha value is -6.10. The molecule has 0 radical (unpaired) electrons. The number of H-pyrrole nitrogens is 1. The second-order valence-corrected chi connectivity index (χ2v) is 11.6. The summed E-state index contributed by atoms with van der Waals surface area (Å²) in [7, 11) is 0. The Balaban J connectivity index is 1.32. The monoisotopic (exact) mass is 641 g/mol. The molecule has 2 N–H and O–H groups in total. The molecule has 2 unspecified atom stereocenters. The number of nitrogens with zero attached hydrogens (tertiary/aromatic N) is 5. The van der Waals surface area contributed by atoms with Crippen molar-refractivity contribution in [2.75, 3.05) is 18.0 Å². The zero-order valence-electron chi connectivity index (χ0n) is 26.0. The Morgan fingerprint density at radius 1 is 0.979 bits per heavy atom. The van der Waals surface area contributed by atoms with Gasteiger partial charge in [-0.25, -0.2) is 18.9 Å². The molecule has 10 nitrogen and oxygen atoms in total. The Labute approximate surface area is 276 Å². The average molecular weight is 642 g/mol. The lowest BCUT2D eigenvalue weighted by atomic mass is 9.64. The number of amides is 2. The number of rotatable bonds is 10. The van der Waals surface area contributed by atoms with E-state index in [2.05, 4.69) is 57.0 Å². The smallest absolute Gasteiger partial charge is 0.414 e. The van der Waals surface area contributed by atoms with E-state index >= 15 is 4.39 Å². The highest BCUT2D eigenvalue weighted by atomic mass is 19.1. The van der Waals surface area contributed by atoms with E-state index in [0.29, 0.717) is 17.1 Å². The topological polar surface area (TPSA) is 118 Å². The standard InChI is InChI=1S/C37H32FN7O3/c1-25(46)40-20-30-22-44(36(47)48-30)29-17-18-31(32(38)19-29)34-23-45(43-42-34)35(33-21-39-24-41-33)37(26-11-5-2-6-12-26,27-13-7-3-8-14-27)28-15-9-4-10-16-28/h2-19,21,23-24,30,35H,20,22H2,1H3,(H,39,41)(H,40,46). The summed E-state index contributed by atoms with van der Waals surface area (Å²) in [6, 6.07) is 34.6. The molecule has 1 saturated heterocycles. The summed E-state index contributed by atoms with van der Waals surface area (Å²) in [4.78, 5) is 33.1. The van der Waals surface area contributed by atoms with Crippen LogP contribution in [-0.4, -0.2) is 56.2 Å². The first kappa shape index (κ1) is 30.5. The average Bonchev–Trinajstić information content (AvgIpc) is 3.90. The maximum Gasteiger partial charge on any atom is 0.414 e. The van der Waals surface area contributed by atoms with Crippen molar-refractivity contribution in [2.24, 2.45) is 0 Å². The van der Waals surface area contributed by atoms with E-state index in [9.17, 15) is 9.59 Å². The van der Waals surface area contributed by atoms with Gasteiger partial charge in [0.15, 0.2) is 0 Å². The molecule has 0 aliphatic carbocycles. The van der Waals surface area contributed by atoms with Gasteiger partial charge in [-0.05, 0) is 34.9 Å². The van der Waals surface area contributed by atoms with E-state index < -0.39 is 29.5 Å². The highest BCUT2D eigenvalue weighted by Crippen LogP contribution is 2.50. The maximum atomic E-state index is 15.8. The van der Waals surface area contributed by atoms with E-state index in [1.54, 1.807) is 29.3 Å². The first-order valence-corrected chi connectivity index (χ1v) is 15.5. The fourth-order valence-electron chi connectivity index (χ4n) is 6.56. The Morgan fingerprint density at radius 3 is 2.15 bits per heavy atom. The van der Waals surface area contributed by atoms with Crippen LogP contribution in [-0.2, 0) is 14.9 Å². The summed E-state index contributed by atoms with van der Waals surface area (Å²) in [5.41, 5.74) is 3.78. The predicted octanol–water partition coefficient (Wildman–Crippen LogP) is 5.89. The molecule has 240 valence electrons. The molecule has 3 heterocycles. The van der Waals surface area contributed by atoms with Crippen LogP contribution in [0.5, 0.6) is 0 Å². The third-order valence-electron chi connectivity index (χ3n) is 8.66. The van der Waals surface area contributed by atoms with Crippen molar-refractivity contribution in [3.05, 3.63) is 156 Å². The molecule has 2 atom stereocenters. The van der Waals surface area contributed by atoms with Crippen LogP contribution >= 0.6 is 0 Å². The van der Waals surface area contributed by atoms with E-state index in [-0.39, 0.29) is 24.6 Å². The second kappa shape index (κ2) is 13.0. The van der Waals surface area contributed by atoms with Gasteiger partial charge in [0.1, 0.15) is 23.7 Å². The van der Waals surface area contributed by atoms with Crippen molar-refractivity contribution in [1.82, 2.24) is 30.3 Å². The van der Waals surface area contributed by atoms with E-state index in [1.807, 2.05) is 60.8 Å². The zero-order valence-corrected chi connectivity index (χ0v) is 26.0. The number of carbonyl (C=O) groups is 2. The van der Waals surface area contributed by atoms with Crippen LogP contribution < -0.4 is 10.2 Å². The third kappa shape index (κ3) is 5.59. The molecule has 11 heteroatoms. The number of imidazole rings is 1. The lowest BCUT2D eigenvalue weighted by Gasteiger charge is -2.41. The normalized spacial score (nSPS) is 15.2. The molecule has 0 spiro atoms. The minimum absolute atomic E-state index is 0.175. The van der Waals surface area contributed by atoms with Crippen LogP contribution in [0.1, 0.15) is 35.3 Å². The quantitative estimate of drug-likeness (QED) is 0.180. The number of halogens is 1. The van der Waals surface area contributed by atoms with E-state index in [4.69, 9.17) is 9.72 Å². The molecular weight excluding hydrogens is 609 g/mol. The Kier molecular flexibility index (Phi) is 8.24. The molecule has 0 saturated carbocycles. The molecule has 2 aromatic heterocycles. The van der Waals surface area contributed by atoms with Gasteiger partial charge in [-0.3, -0.25) is 9.69 Å². The minimum Gasteiger partial charge on any atom is -0.442 e. The number of ether oxygens (including phenoxy) is 1. The van der Waals surface area contributed by atoms with E-state index in [0.717, 1.165) is 16.7 Å². The minimum atomic E-state index is -0.837. The van der Waals surface area contributed by atoms with Crippen LogP contribution in [0.15, 0.2) is 128 Å². The fourth-order valence-corrected chi connectivity index (χ4v) is 6.56. The van der Waals surface area contributed by atoms with Crippen LogP contribution in [0.3, 0.4) is 0 Å². The first-order chi connectivity index (χ1) is 23.4. The molecule has 0 bridgehead atoms. The van der Waals surface area contributed by atoms with E-state index in [1.165, 1.54) is 17.9 Å². The SMILES string of the molecule is CC(=O)NCC1CN(c2ccc(-c3cn(C(c4c[nH]cn4)C(c4ccccc4)(c4ccccc4)c4ccccc4)nn3)c(F)c2)C(=O)O1. The van der Waals surface area contributed by atoms with Gasteiger partial charge in [-0.2, -0.15) is 0 Å². The largest absolute Gasteiger partial charge is 0.442 e. The first-order valence-electron chi connectivity index (χ1n) is 15.5. The van der Waals surface area contributed by atoms with Crippen LogP contribution in [0.2, 0.25) is 0 Å². The van der Waals surface area contributed by atoms with Crippen molar-refractivity contribution in [2.45, 2.75) is 24.5 Å². The van der Waals surface area contributed by atoms with Crippen LogP contribution in [0.4, 0.5) is 14.9 Å². The number of anilines is 1. The molecule has 2 amide bonds. The molecule has 4 aromatic carbocycles. The number of nitrogens with one attached hydrogen (secondary N) is 2. The summed E-state index contributed by atoms with van der Waals surface area (Å²) < 4.78 is 23.0. The van der Waals surface area contributed by atoms with Crippen LogP contribution in [0, 0.1) is 5.82 Å². The van der Waals surface area contributed by atoms with Gasteiger partial charge in [0.2, 0.25) is 5.91 Å². The van der Waals surface area contributed by atoms with Crippen molar-refractivity contribution in [3.8, 4) is 11.3 Å². The number of cyclic esters (lactones) is 1. The summed E-state index contributed by atoms with van der Waals surface area (Å²) in [5, 5.41) is 11.7. The Morgan fingerprint density at radius 2 is 1.60 bits per heavy atom. The van der Waals surface area contributed by atoms with Crippen molar-refractivity contribution in [3.63, 3.8) is 0 Å².